The van der Waals surface area contributed by atoms with Crippen LogP contribution in [0.3, 0.4) is 0 Å². The topological polar surface area (TPSA) is 44.8 Å². The van der Waals surface area contributed by atoms with E-state index in [1.165, 1.54) is 0 Å². The summed E-state index contributed by atoms with van der Waals surface area (Å²) in [5, 5.41) is 3.47. The summed E-state index contributed by atoms with van der Waals surface area (Å²) < 4.78 is 5.44. The van der Waals surface area contributed by atoms with Gasteiger partial charge in [0.1, 0.15) is 0 Å². The molecule has 2 rings (SSSR count). The summed E-state index contributed by atoms with van der Waals surface area (Å²) in [7, 11) is 0. The number of carbonyl (C=O) groups is 1. The number of rotatable bonds is 3. The van der Waals surface area contributed by atoms with Crippen LogP contribution in [0, 0.1) is 0 Å². The summed E-state index contributed by atoms with van der Waals surface area (Å²) in [5.74, 6) is 0.201. The Hall–Kier alpha value is -0.650. The molecule has 2 heterocycles. The number of ether oxygens (including phenoxy) is 1. The molecule has 0 aromatic rings. The maximum atomic E-state index is 11.2. The van der Waals surface area contributed by atoms with Crippen molar-refractivity contribution in [3.63, 3.8) is 0 Å². The second-order valence-corrected chi connectivity index (χ2v) is 4.86. The van der Waals surface area contributed by atoms with E-state index in [0.29, 0.717) is 6.04 Å². The molecule has 5 heteroatoms. The Morgan fingerprint density at radius 3 is 2.71 bits per heavy atom. The van der Waals surface area contributed by atoms with Gasteiger partial charge in [-0.25, -0.2) is 0 Å². The largest absolute Gasteiger partial charge is 0.379 e. The minimum absolute atomic E-state index is 0.201. The summed E-state index contributed by atoms with van der Waals surface area (Å²) >= 11 is 0. The van der Waals surface area contributed by atoms with Crippen LogP contribution in [0.4, 0.5) is 0 Å². The van der Waals surface area contributed by atoms with Crippen LogP contribution < -0.4 is 5.32 Å². The molecule has 5 nitrogen and oxygen atoms in total. The molecule has 1 unspecified atom stereocenters. The number of piperazine rings is 1. The van der Waals surface area contributed by atoms with Crippen LogP contribution in [0.2, 0.25) is 0 Å². The van der Waals surface area contributed by atoms with Gasteiger partial charge in [0.25, 0.3) is 0 Å². The first-order valence-electron chi connectivity index (χ1n) is 6.54. The van der Waals surface area contributed by atoms with Crippen molar-refractivity contribution in [1.29, 1.82) is 0 Å². The number of hydrogen-bond donors (Lipinski definition) is 1. The maximum absolute atomic E-state index is 11.2. The molecule has 0 radical (unpaired) electrons. The highest BCUT2D eigenvalue weighted by Crippen LogP contribution is 2.05. The van der Waals surface area contributed by atoms with Gasteiger partial charge in [0.2, 0.25) is 5.91 Å². The molecule has 17 heavy (non-hydrogen) atoms. The zero-order chi connectivity index (χ0) is 12.1. The fraction of sp³-hybridized carbons (Fsp3) is 0.917. The van der Waals surface area contributed by atoms with E-state index < -0.39 is 0 Å². The van der Waals surface area contributed by atoms with E-state index in [1.807, 2.05) is 4.90 Å². The van der Waals surface area contributed by atoms with E-state index in [-0.39, 0.29) is 5.91 Å². The van der Waals surface area contributed by atoms with Crippen molar-refractivity contribution in [2.24, 2.45) is 0 Å². The van der Waals surface area contributed by atoms with E-state index in [0.717, 1.165) is 58.9 Å². The van der Waals surface area contributed by atoms with E-state index >= 15 is 0 Å². The highest BCUT2D eigenvalue weighted by Gasteiger charge is 2.20. The van der Waals surface area contributed by atoms with Gasteiger partial charge in [-0.1, -0.05) is 0 Å². The lowest BCUT2D eigenvalue weighted by molar-refractivity contribution is -0.130. The fourth-order valence-electron chi connectivity index (χ4n) is 2.43. The molecule has 0 aromatic carbocycles. The second-order valence-electron chi connectivity index (χ2n) is 4.86. The molecular formula is C12H23N3O2. The molecule has 0 aliphatic carbocycles. The van der Waals surface area contributed by atoms with E-state index in [2.05, 4.69) is 10.2 Å². The van der Waals surface area contributed by atoms with Crippen LogP contribution >= 0.6 is 0 Å². The van der Waals surface area contributed by atoms with Crippen LogP contribution in [0.1, 0.15) is 13.3 Å². The number of hydrogen-bond acceptors (Lipinski definition) is 4. The average Bonchev–Trinajstić information content (AvgIpc) is 2.38. The molecule has 0 aromatic heterocycles. The molecule has 1 N–H and O–H groups in total. The third-order valence-electron chi connectivity index (χ3n) is 3.61. The molecule has 2 saturated heterocycles. The third kappa shape index (κ3) is 3.94. The molecule has 0 saturated carbocycles. The van der Waals surface area contributed by atoms with Gasteiger partial charge < -0.3 is 15.0 Å². The quantitative estimate of drug-likeness (QED) is 0.725. The van der Waals surface area contributed by atoms with Gasteiger partial charge in [-0.05, 0) is 13.0 Å². The Balaban J connectivity index is 1.62. The Morgan fingerprint density at radius 1 is 1.35 bits per heavy atom. The molecule has 1 atom stereocenters. The summed E-state index contributed by atoms with van der Waals surface area (Å²) in [6, 6.07) is 0.509. The van der Waals surface area contributed by atoms with Crippen molar-refractivity contribution < 1.29 is 9.53 Å². The van der Waals surface area contributed by atoms with E-state index in [1.54, 1.807) is 6.92 Å². The predicted molar refractivity (Wildman–Crippen MR) is 65.9 cm³/mol. The van der Waals surface area contributed by atoms with Crippen LogP contribution in [0.5, 0.6) is 0 Å². The molecule has 2 fully saturated rings. The van der Waals surface area contributed by atoms with Crippen molar-refractivity contribution in [1.82, 2.24) is 15.1 Å². The lowest BCUT2D eigenvalue weighted by Gasteiger charge is -2.35. The minimum Gasteiger partial charge on any atom is -0.379 e. The van der Waals surface area contributed by atoms with Crippen LogP contribution in [-0.4, -0.2) is 74.2 Å². The lowest BCUT2D eigenvalue weighted by atomic mass is 10.2. The molecule has 0 bridgehead atoms. The predicted octanol–water partition coefficient (Wildman–Crippen LogP) is -0.471. The van der Waals surface area contributed by atoms with Crippen LogP contribution in [0.15, 0.2) is 0 Å². The summed E-state index contributed by atoms with van der Waals surface area (Å²) in [4.78, 5) is 15.6. The summed E-state index contributed by atoms with van der Waals surface area (Å²) in [6.07, 6.45) is 1.14. The van der Waals surface area contributed by atoms with Crippen molar-refractivity contribution in [3.05, 3.63) is 0 Å². The number of morpholine rings is 1. The second kappa shape index (κ2) is 6.33. The van der Waals surface area contributed by atoms with E-state index in [4.69, 9.17) is 4.74 Å². The fourth-order valence-corrected chi connectivity index (χ4v) is 2.43. The van der Waals surface area contributed by atoms with Crippen molar-refractivity contribution >= 4 is 5.91 Å². The molecule has 1 amide bonds. The average molecular weight is 241 g/mol. The Morgan fingerprint density at radius 2 is 2.12 bits per heavy atom. The number of amides is 1. The van der Waals surface area contributed by atoms with Crippen molar-refractivity contribution in [2.45, 2.75) is 19.4 Å². The van der Waals surface area contributed by atoms with Crippen LogP contribution in [-0.2, 0) is 9.53 Å². The first-order chi connectivity index (χ1) is 8.25. The Kier molecular flexibility index (Phi) is 4.76. The summed E-state index contributed by atoms with van der Waals surface area (Å²) in [5.41, 5.74) is 0. The maximum Gasteiger partial charge on any atom is 0.219 e. The zero-order valence-corrected chi connectivity index (χ0v) is 10.7. The first kappa shape index (κ1) is 12.8. The van der Waals surface area contributed by atoms with Crippen LogP contribution in [0.25, 0.3) is 0 Å². The normalized spacial score (nSPS) is 27.1. The van der Waals surface area contributed by atoms with Crippen molar-refractivity contribution in [2.75, 3.05) is 52.5 Å². The van der Waals surface area contributed by atoms with E-state index in [9.17, 15) is 4.79 Å². The molecule has 0 spiro atoms. The number of nitrogens with one attached hydrogen (secondary N) is 1. The number of carbonyl (C=O) groups excluding carboxylic acids is 1. The monoisotopic (exact) mass is 241 g/mol. The van der Waals surface area contributed by atoms with Gasteiger partial charge in [-0.2, -0.15) is 0 Å². The van der Waals surface area contributed by atoms with Gasteiger partial charge in [0.05, 0.1) is 13.2 Å². The third-order valence-corrected chi connectivity index (χ3v) is 3.61. The van der Waals surface area contributed by atoms with Crippen molar-refractivity contribution in [3.8, 4) is 0 Å². The van der Waals surface area contributed by atoms with Gasteiger partial charge in [0.15, 0.2) is 0 Å². The molecule has 2 aliphatic rings. The highest BCUT2D eigenvalue weighted by atomic mass is 16.5. The summed E-state index contributed by atoms with van der Waals surface area (Å²) in [6.45, 7) is 9.18. The SMILES string of the molecule is CC(=O)N1CCN(CCC2COCCN2)CC1. The smallest absolute Gasteiger partial charge is 0.219 e. The highest BCUT2D eigenvalue weighted by molar-refractivity contribution is 5.73. The molecule has 98 valence electrons. The minimum atomic E-state index is 0.201. The molecule has 2 aliphatic heterocycles. The van der Waals surface area contributed by atoms with Gasteiger partial charge in [0, 0.05) is 45.7 Å². The standard InChI is InChI=1S/C12H23N3O2/c1-11(16)15-7-5-14(6-8-15)4-2-12-10-17-9-3-13-12/h12-13H,2-10H2,1H3. The van der Waals surface area contributed by atoms with Gasteiger partial charge in [-0.3, -0.25) is 9.69 Å². The van der Waals surface area contributed by atoms with Gasteiger partial charge >= 0.3 is 0 Å². The Labute approximate surface area is 103 Å². The Bertz CT molecular complexity index is 246. The zero-order valence-electron chi connectivity index (χ0n) is 10.7. The van der Waals surface area contributed by atoms with Gasteiger partial charge in [-0.15, -0.1) is 0 Å². The molecular weight excluding hydrogens is 218 g/mol. The lowest BCUT2D eigenvalue weighted by Crippen LogP contribution is -2.49. The first-order valence-corrected chi connectivity index (χ1v) is 6.54. The number of nitrogens with zero attached hydrogens (tertiary/aromatic N) is 2.